The minimum absolute atomic E-state index is 0.0355. The number of carbonyl (C=O) groups is 1. The highest BCUT2D eigenvalue weighted by molar-refractivity contribution is 6.07. The van der Waals surface area contributed by atoms with E-state index in [1.54, 1.807) is 0 Å². The molecule has 0 aliphatic heterocycles. The molecule has 2 aromatic carbocycles. The van der Waals surface area contributed by atoms with Gasteiger partial charge in [0.1, 0.15) is 11.6 Å². The monoisotopic (exact) mass is 361 g/mol. The number of anilines is 2. The predicted molar refractivity (Wildman–Crippen MR) is 112 cm³/mol. The lowest BCUT2D eigenvalue weighted by Gasteiger charge is -2.15. The van der Waals surface area contributed by atoms with Crippen LogP contribution in [0.15, 0.2) is 48.2 Å². The molecule has 0 aromatic heterocycles. The number of amides is 1. The fraction of sp³-hybridized carbons (Fsp3) is 0.304. The van der Waals surface area contributed by atoms with E-state index in [4.69, 9.17) is 0 Å². The van der Waals surface area contributed by atoms with Crippen molar-refractivity contribution in [1.29, 1.82) is 5.26 Å². The quantitative estimate of drug-likeness (QED) is 0.521. The van der Waals surface area contributed by atoms with Gasteiger partial charge in [0.25, 0.3) is 5.91 Å². The Labute approximate surface area is 161 Å². The molecule has 0 spiro atoms. The SMILES string of the molecule is CCC(C)c1ccccc1N/C=C(/C#N)C(=O)Nc1c(C)cc(C)cc1C. The molecule has 0 saturated heterocycles. The van der Waals surface area contributed by atoms with Gasteiger partial charge in [-0.2, -0.15) is 5.26 Å². The zero-order valence-electron chi connectivity index (χ0n) is 16.7. The Bertz CT molecular complexity index is 883. The van der Waals surface area contributed by atoms with Gasteiger partial charge in [0.05, 0.1) is 0 Å². The summed E-state index contributed by atoms with van der Waals surface area (Å²) in [6.45, 7) is 10.2. The first-order chi connectivity index (χ1) is 12.9. The maximum Gasteiger partial charge on any atom is 0.267 e. The molecule has 4 nitrogen and oxygen atoms in total. The van der Waals surface area contributed by atoms with Crippen LogP contribution >= 0.6 is 0 Å². The van der Waals surface area contributed by atoms with E-state index in [-0.39, 0.29) is 5.57 Å². The summed E-state index contributed by atoms with van der Waals surface area (Å²) in [5, 5.41) is 15.5. The zero-order valence-corrected chi connectivity index (χ0v) is 16.7. The minimum Gasteiger partial charge on any atom is -0.360 e. The Morgan fingerprint density at radius 2 is 1.81 bits per heavy atom. The number of carbonyl (C=O) groups excluding carboxylic acids is 1. The number of hydrogen-bond acceptors (Lipinski definition) is 3. The van der Waals surface area contributed by atoms with Gasteiger partial charge in [-0.1, -0.05) is 49.7 Å². The molecule has 140 valence electrons. The van der Waals surface area contributed by atoms with Crippen LogP contribution in [0.5, 0.6) is 0 Å². The molecule has 0 heterocycles. The molecule has 2 rings (SSSR count). The van der Waals surface area contributed by atoms with Crippen LogP contribution in [-0.2, 0) is 4.79 Å². The normalized spacial score (nSPS) is 12.2. The molecular weight excluding hydrogens is 334 g/mol. The van der Waals surface area contributed by atoms with E-state index in [0.717, 1.165) is 34.5 Å². The van der Waals surface area contributed by atoms with Gasteiger partial charge in [-0.25, -0.2) is 0 Å². The van der Waals surface area contributed by atoms with Gasteiger partial charge >= 0.3 is 0 Å². The smallest absolute Gasteiger partial charge is 0.267 e. The lowest BCUT2D eigenvalue weighted by molar-refractivity contribution is -0.112. The number of nitrogens with one attached hydrogen (secondary N) is 2. The molecule has 27 heavy (non-hydrogen) atoms. The molecule has 0 bridgehead atoms. The summed E-state index contributed by atoms with van der Waals surface area (Å²) >= 11 is 0. The van der Waals surface area contributed by atoms with Gasteiger partial charge < -0.3 is 10.6 Å². The third-order valence-corrected chi connectivity index (χ3v) is 4.76. The van der Waals surface area contributed by atoms with E-state index in [1.807, 2.05) is 57.2 Å². The van der Waals surface area contributed by atoms with Crippen LogP contribution in [-0.4, -0.2) is 5.91 Å². The van der Waals surface area contributed by atoms with Gasteiger partial charge in [0, 0.05) is 17.6 Å². The standard InChI is InChI=1S/C23H27N3O/c1-6-16(3)20-9-7-8-10-21(20)25-14-19(13-24)23(27)26-22-17(4)11-15(2)12-18(22)5/h7-12,14,16,25H,6H2,1-5H3,(H,26,27)/b19-14-. The Kier molecular flexibility index (Phi) is 6.79. The first-order valence-electron chi connectivity index (χ1n) is 9.22. The summed E-state index contributed by atoms with van der Waals surface area (Å²) in [5.41, 5.74) is 5.97. The van der Waals surface area contributed by atoms with Crippen LogP contribution < -0.4 is 10.6 Å². The van der Waals surface area contributed by atoms with Crippen LogP contribution in [0.2, 0.25) is 0 Å². The van der Waals surface area contributed by atoms with E-state index in [9.17, 15) is 10.1 Å². The molecule has 4 heteroatoms. The van der Waals surface area contributed by atoms with E-state index in [0.29, 0.717) is 5.92 Å². The van der Waals surface area contributed by atoms with Gasteiger partial charge in [-0.05, 0) is 55.9 Å². The zero-order chi connectivity index (χ0) is 20.0. The number of aryl methyl sites for hydroxylation is 3. The maximum atomic E-state index is 12.6. The third kappa shape index (κ3) is 4.98. The molecule has 1 amide bonds. The van der Waals surface area contributed by atoms with E-state index in [1.165, 1.54) is 11.8 Å². The van der Waals surface area contributed by atoms with E-state index in [2.05, 4.69) is 30.5 Å². The fourth-order valence-corrected chi connectivity index (χ4v) is 3.13. The van der Waals surface area contributed by atoms with Gasteiger partial charge in [-0.3, -0.25) is 4.79 Å². The summed E-state index contributed by atoms with van der Waals surface area (Å²) in [5.74, 6) is -0.0274. The Morgan fingerprint density at radius 3 is 2.41 bits per heavy atom. The van der Waals surface area contributed by atoms with Crippen molar-refractivity contribution in [2.24, 2.45) is 0 Å². The summed E-state index contributed by atoms with van der Waals surface area (Å²) in [6.07, 6.45) is 2.50. The Balaban J connectivity index is 2.23. The lowest BCUT2D eigenvalue weighted by atomic mass is 9.97. The topological polar surface area (TPSA) is 64.9 Å². The minimum atomic E-state index is -0.416. The molecule has 1 atom stereocenters. The fourth-order valence-electron chi connectivity index (χ4n) is 3.13. The molecule has 2 aromatic rings. The van der Waals surface area contributed by atoms with Crippen molar-refractivity contribution in [2.75, 3.05) is 10.6 Å². The van der Waals surface area contributed by atoms with Gasteiger partial charge in [0.15, 0.2) is 0 Å². The Hall–Kier alpha value is -3.06. The van der Waals surface area contributed by atoms with Crippen LogP contribution in [0.25, 0.3) is 0 Å². The third-order valence-electron chi connectivity index (χ3n) is 4.76. The second-order valence-corrected chi connectivity index (χ2v) is 6.94. The lowest BCUT2D eigenvalue weighted by Crippen LogP contribution is -2.16. The highest BCUT2D eigenvalue weighted by Gasteiger charge is 2.13. The number of rotatable bonds is 6. The summed E-state index contributed by atoms with van der Waals surface area (Å²) in [4.78, 5) is 12.6. The summed E-state index contributed by atoms with van der Waals surface area (Å²) in [6, 6.07) is 14.0. The number of hydrogen-bond donors (Lipinski definition) is 2. The van der Waals surface area contributed by atoms with Crippen LogP contribution in [0, 0.1) is 32.1 Å². The van der Waals surface area contributed by atoms with Crippen molar-refractivity contribution >= 4 is 17.3 Å². The second kappa shape index (κ2) is 9.05. The molecule has 1 unspecified atom stereocenters. The average molecular weight is 361 g/mol. The van der Waals surface area contributed by atoms with E-state index >= 15 is 0 Å². The van der Waals surface area contributed by atoms with Crippen molar-refractivity contribution in [2.45, 2.75) is 47.0 Å². The predicted octanol–water partition coefficient (Wildman–Crippen LogP) is 5.58. The number of nitrogens with zero attached hydrogens (tertiary/aromatic N) is 1. The van der Waals surface area contributed by atoms with Crippen molar-refractivity contribution in [3.63, 3.8) is 0 Å². The maximum absolute atomic E-state index is 12.6. The molecule has 0 saturated carbocycles. The highest BCUT2D eigenvalue weighted by Crippen LogP contribution is 2.27. The van der Waals surface area contributed by atoms with Crippen molar-refractivity contribution in [3.05, 3.63) is 70.4 Å². The average Bonchev–Trinajstić information content (AvgIpc) is 2.64. The van der Waals surface area contributed by atoms with Crippen LogP contribution in [0.4, 0.5) is 11.4 Å². The van der Waals surface area contributed by atoms with Crippen molar-refractivity contribution < 1.29 is 4.79 Å². The Morgan fingerprint density at radius 1 is 1.19 bits per heavy atom. The van der Waals surface area contributed by atoms with Crippen molar-refractivity contribution in [1.82, 2.24) is 0 Å². The largest absolute Gasteiger partial charge is 0.360 e. The molecule has 2 N–H and O–H groups in total. The van der Waals surface area contributed by atoms with Gasteiger partial charge in [0.2, 0.25) is 0 Å². The number of para-hydroxylation sites is 1. The van der Waals surface area contributed by atoms with Crippen LogP contribution in [0.1, 0.15) is 48.4 Å². The van der Waals surface area contributed by atoms with Crippen LogP contribution in [0.3, 0.4) is 0 Å². The van der Waals surface area contributed by atoms with E-state index < -0.39 is 5.91 Å². The highest BCUT2D eigenvalue weighted by atomic mass is 16.1. The summed E-state index contributed by atoms with van der Waals surface area (Å²) < 4.78 is 0. The molecule has 0 radical (unpaired) electrons. The molecule has 0 aliphatic carbocycles. The number of benzene rings is 2. The number of nitriles is 1. The van der Waals surface area contributed by atoms with Gasteiger partial charge in [-0.15, -0.1) is 0 Å². The second-order valence-electron chi connectivity index (χ2n) is 6.94. The first kappa shape index (κ1) is 20.3. The summed E-state index contributed by atoms with van der Waals surface area (Å²) in [7, 11) is 0. The molecule has 0 aliphatic rings. The molecular formula is C23H27N3O. The first-order valence-corrected chi connectivity index (χ1v) is 9.22. The van der Waals surface area contributed by atoms with Crippen molar-refractivity contribution in [3.8, 4) is 6.07 Å². The molecule has 0 fully saturated rings.